The Morgan fingerprint density at radius 2 is 1.87 bits per heavy atom. The summed E-state index contributed by atoms with van der Waals surface area (Å²) in [5.41, 5.74) is 3.60. The molecule has 0 aliphatic rings. The second-order valence-corrected chi connectivity index (χ2v) is 4.55. The molecule has 0 saturated heterocycles. The molecule has 0 N–H and O–H groups in total. The third kappa shape index (κ3) is 1.74. The Balaban J connectivity index is 2.61. The predicted octanol–water partition coefficient (Wildman–Crippen LogP) is 2.98. The van der Waals surface area contributed by atoms with Gasteiger partial charge in [-0.2, -0.15) is 5.10 Å². The number of fused-ring (bicyclic) bond motifs is 1. The van der Waals surface area contributed by atoms with Gasteiger partial charge in [-0.05, 0) is 17.9 Å². The highest BCUT2D eigenvalue weighted by atomic mass is 15.2. The SMILES string of the molecule is CC(C)c1cc2c(C(C)C)cnn2cn1. The topological polar surface area (TPSA) is 30.2 Å². The minimum Gasteiger partial charge on any atom is -0.241 e. The number of hydrogen-bond acceptors (Lipinski definition) is 2. The highest BCUT2D eigenvalue weighted by Gasteiger charge is 2.09. The first-order valence-electron chi connectivity index (χ1n) is 5.42. The number of hydrogen-bond donors (Lipinski definition) is 0. The van der Waals surface area contributed by atoms with E-state index >= 15 is 0 Å². The fourth-order valence-electron chi connectivity index (χ4n) is 1.69. The molecule has 3 nitrogen and oxygen atoms in total. The molecule has 0 saturated carbocycles. The Morgan fingerprint density at radius 1 is 1.13 bits per heavy atom. The van der Waals surface area contributed by atoms with E-state index in [1.165, 1.54) is 11.1 Å². The highest BCUT2D eigenvalue weighted by Crippen LogP contribution is 2.22. The minimum atomic E-state index is 0.463. The summed E-state index contributed by atoms with van der Waals surface area (Å²) < 4.78 is 1.85. The fourth-order valence-corrected chi connectivity index (χ4v) is 1.69. The van der Waals surface area contributed by atoms with Gasteiger partial charge in [-0.3, -0.25) is 0 Å². The molecule has 2 rings (SSSR count). The molecule has 0 radical (unpaired) electrons. The lowest BCUT2D eigenvalue weighted by Gasteiger charge is -2.06. The van der Waals surface area contributed by atoms with Gasteiger partial charge in [0.05, 0.1) is 11.7 Å². The summed E-state index contributed by atoms with van der Waals surface area (Å²) in [5.74, 6) is 0.967. The Kier molecular flexibility index (Phi) is 2.47. The normalized spacial score (nSPS) is 11.9. The van der Waals surface area contributed by atoms with E-state index in [1.807, 2.05) is 10.7 Å². The quantitative estimate of drug-likeness (QED) is 0.751. The lowest BCUT2D eigenvalue weighted by molar-refractivity contribution is 0.797. The van der Waals surface area contributed by atoms with E-state index in [1.54, 1.807) is 6.33 Å². The van der Waals surface area contributed by atoms with Gasteiger partial charge in [0.15, 0.2) is 0 Å². The molecule has 0 fully saturated rings. The number of aromatic nitrogens is 3. The first kappa shape index (κ1) is 10.1. The van der Waals surface area contributed by atoms with E-state index in [0.29, 0.717) is 11.8 Å². The third-order valence-corrected chi connectivity index (χ3v) is 2.68. The zero-order chi connectivity index (χ0) is 11.0. The molecule has 2 heterocycles. The van der Waals surface area contributed by atoms with Crippen molar-refractivity contribution in [3.63, 3.8) is 0 Å². The van der Waals surface area contributed by atoms with Crippen LogP contribution in [0.1, 0.15) is 50.8 Å². The number of rotatable bonds is 2. The van der Waals surface area contributed by atoms with Gasteiger partial charge >= 0.3 is 0 Å². The maximum Gasteiger partial charge on any atom is 0.117 e. The second-order valence-electron chi connectivity index (χ2n) is 4.55. The smallest absolute Gasteiger partial charge is 0.117 e. The van der Waals surface area contributed by atoms with Gasteiger partial charge in [0, 0.05) is 11.3 Å². The summed E-state index contributed by atoms with van der Waals surface area (Å²) in [7, 11) is 0. The van der Waals surface area contributed by atoms with Crippen molar-refractivity contribution < 1.29 is 0 Å². The van der Waals surface area contributed by atoms with Gasteiger partial charge in [0.2, 0.25) is 0 Å². The average Bonchev–Trinajstić information content (AvgIpc) is 2.59. The van der Waals surface area contributed by atoms with Crippen molar-refractivity contribution in [2.24, 2.45) is 0 Å². The van der Waals surface area contributed by atoms with Gasteiger partial charge in [-0.15, -0.1) is 0 Å². The van der Waals surface area contributed by atoms with E-state index < -0.39 is 0 Å². The standard InChI is InChI=1S/C12H17N3/c1-8(2)10-6-14-15-7-13-11(9(3)4)5-12(10)15/h5-9H,1-4H3. The van der Waals surface area contributed by atoms with Crippen LogP contribution in [-0.2, 0) is 0 Å². The molecule has 0 bridgehead atoms. The van der Waals surface area contributed by atoms with E-state index in [2.05, 4.69) is 43.8 Å². The van der Waals surface area contributed by atoms with Crippen LogP contribution in [0.2, 0.25) is 0 Å². The van der Waals surface area contributed by atoms with Crippen molar-refractivity contribution in [3.05, 3.63) is 29.8 Å². The summed E-state index contributed by atoms with van der Waals surface area (Å²) >= 11 is 0. The second kappa shape index (κ2) is 3.65. The van der Waals surface area contributed by atoms with Gasteiger partial charge in [-0.1, -0.05) is 27.7 Å². The van der Waals surface area contributed by atoms with Gasteiger partial charge in [0.25, 0.3) is 0 Å². The molecule has 80 valence electrons. The fraction of sp³-hybridized carbons (Fsp3) is 0.500. The molecular weight excluding hydrogens is 186 g/mol. The van der Waals surface area contributed by atoms with E-state index in [9.17, 15) is 0 Å². The van der Waals surface area contributed by atoms with Crippen molar-refractivity contribution >= 4 is 5.52 Å². The maximum atomic E-state index is 4.38. The Hall–Kier alpha value is -1.38. The van der Waals surface area contributed by atoms with Crippen LogP contribution >= 0.6 is 0 Å². The largest absolute Gasteiger partial charge is 0.241 e. The van der Waals surface area contributed by atoms with Crippen LogP contribution in [0.15, 0.2) is 18.6 Å². The van der Waals surface area contributed by atoms with Crippen LogP contribution in [0.3, 0.4) is 0 Å². The van der Waals surface area contributed by atoms with E-state index in [-0.39, 0.29) is 0 Å². The molecule has 2 aromatic heterocycles. The molecule has 2 aromatic rings. The maximum absolute atomic E-state index is 4.38. The zero-order valence-electron chi connectivity index (χ0n) is 9.73. The van der Waals surface area contributed by atoms with Crippen LogP contribution in [0, 0.1) is 0 Å². The van der Waals surface area contributed by atoms with E-state index in [4.69, 9.17) is 0 Å². The van der Waals surface area contributed by atoms with E-state index in [0.717, 1.165) is 5.69 Å². The lowest BCUT2D eigenvalue weighted by atomic mass is 10.0. The summed E-state index contributed by atoms with van der Waals surface area (Å²) in [6.07, 6.45) is 3.74. The van der Waals surface area contributed by atoms with Gasteiger partial charge in [0.1, 0.15) is 6.33 Å². The molecule has 0 aliphatic heterocycles. The van der Waals surface area contributed by atoms with Crippen molar-refractivity contribution in [2.75, 3.05) is 0 Å². The molecule has 0 aliphatic carbocycles. The monoisotopic (exact) mass is 203 g/mol. The Labute approximate surface area is 90.1 Å². The Morgan fingerprint density at radius 3 is 2.47 bits per heavy atom. The molecule has 15 heavy (non-hydrogen) atoms. The molecule has 0 amide bonds. The molecule has 3 heteroatoms. The minimum absolute atomic E-state index is 0.463. The van der Waals surface area contributed by atoms with Crippen LogP contribution in [0.4, 0.5) is 0 Å². The molecular formula is C12H17N3. The first-order chi connectivity index (χ1) is 7.09. The highest BCUT2D eigenvalue weighted by molar-refractivity contribution is 5.55. The lowest BCUT2D eigenvalue weighted by Crippen LogP contribution is -1.97. The summed E-state index contributed by atoms with van der Waals surface area (Å²) in [5, 5.41) is 4.29. The van der Waals surface area contributed by atoms with Crippen molar-refractivity contribution in [1.29, 1.82) is 0 Å². The summed E-state index contributed by atoms with van der Waals surface area (Å²) in [6, 6.07) is 2.15. The molecule has 0 atom stereocenters. The van der Waals surface area contributed by atoms with Crippen LogP contribution in [0.5, 0.6) is 0 Å². The van der Waals surface area contributed by atoms with Crippen molar-refractivity contribution in [2.45, 2.75) is 39.5 Å². The summed E-state index contributed by atoms with van der Waals surface area (Å²) in [4.78, 5) is 4.38. The van der Waals surface area contributed by atoms with Gasteiger partial charge in [-0.25, -0.2) is 9.50 Å². The number of nitrogens with zero attached hydrogens (tertiary/aromatic N) is 3. The zero-order valence-corrected chi connectivity index (χ0v) is 9.73. The van der Waals surface area contributed by atoms with Crippen LogP contribution in [0.25, 0.3) is 5.52 Å². The van der Waals surface area contributed by atoms with Crippen LogP contribution in [-0.4, -0.2) is 14.6 Å². The van der Waals surface area contributed by atoms with Crippen molar-refractivity contribution in [3.8, 4) is 0 Å². The molecule has 0 unspecified atom stereocenters. The molecule has 0 aromatic carbocycles. The summed E-state index contributed by atoms with van der Waals surface area (Å²) in [6.45, 7) is 8.69. The predicted molar refractivity (Wildman–Crippen MR) is 61.2 cm³/mol. The Bertz CT molecular complexity index is 469. The third-order valence-electron chi connectivity index (χ3n) is 2.68. The van der Waals surface area contributed by atoms with Gasteiger partial charge < -0.3 is 0 Å². The van der Waals surface area contributed by atoms with Crippen molar-refractivity contribution in [1.82, 2.24) is 14.6 Å². The average molecular weight is 203 g/mol. The first-order valence-corrected chi connectivity index (χ1v) is 5.42. The molecule has 0 spiro atoms. The van der Waals surface area contributed by atoms with Crippen LogP contribution < -0.4 is 0 Å².